The van der Waals surface area contributed by atoms with Gasteiger partial charge in [-0.05, 0) is 25.8 Å². The van der Waals surface area contributed by atoms with Gasteiger partial charge in [-0.15, -0.1) is 0 Å². The van der Waals surface area contributed by atoms with Gasteiger partial charge in [-0.3, -0.25) is 14.9 Å². The van der Waals surface area contributed by atoms with E-state index in [1.165, 1.54) is 6.07 Å². The van der Waals surface area contributed by atoms with E-state index in [9.17, 15) is 20.0 Å². The molecular formula is C13H14Cl2N2O4. The molecule has 1 aliphatic heterocycles. The Hall–Kier alpha value is -1.37. The molecule has 1 fully saturated rings. The van der Waals surface area contributed by atoms with Gasteiger partial charge in [-0.2, -0.15) is 0 Å². The molecule has 0 atom stereocenters. The van der Waals surface area contributed by atoms with Crippen molar-refractivity contribution < 1.29 is 14.8 Å². The molecule has 0 spiro atoms. The zero-order valence-corrected chi connectivity index (χ0v) is 12.8. The number of nitrogens with zero attached hydrogens (tertiary/aromatic N) is 2. The first-order chi connectivity index (χ1) is 9.71. The zero-order valence-electron chi connectivity index (χ0n) is 11.3. The Morgan fingerprint density at radius 2 is 1.95 bits per heavy atom. The fourth-order valence-electron chi connectivity index (χ4n) is 2.20. The summed E-state index contributed by atoms with van der Waals surface area (Å²) < 4.78 is 0. The van der Waals surface area contributed by atoms with Gasteiger partial charge in [0.05, 0.1) is 15.5 Å². The number of piperidine rings is 1. The molecule has 0 bridgehead atoms. The number of hydrogen-bond donors (Lipinski definition) is 1. The number of hydrogen-bond acceptors (Lipinski definition) is 4. The van der Waals surface area contributed by atoms with Crippen molar-refractivity contribution in [2.24, 2.45) is 0 Å². The maximum Gasteiger partial charge on any atom is 0.290 e. The van der Waals surface area contributed by atoms with Crippen LogP contribution in [0.1, 0.15) is 30.1 Å². The molecule has 0 unspecified atom stereocenters. The average molecular weight is 333 g/mol. The number of aliphatic hydroxyl groups is 1. The van der Waals surface area contributed by atoms with Crippen molar-refractivity contribution in [3.8, 4) is 0 Å². The minimum absolute atomic E-state index is 0.0294. The third kappa shape index (κ3) is 3.45. The summed E-state index contributed by atoms with van der Waals surface area (Å²) in [5, 5.41) is 20.6. The Kier molecular flexibility index (Phi) is 4.41. The molecule has 2 rings (SSSR count). The molecule has 1 saturated heterocycles. The van der Waals surface area contributed by atoms with Crippen LogP contribution in [0.15, 0.2) is 12.1 Å². The Balaban J connectivity index is 2.26. The molecule has 0 aromatic heterocycles. The number of halogens is 2. The third-order valence-electron chi connectivity index (χ3n) is 3.58. The van der Waals surface area contributed by atoms with E-state index in [0.29, 0.717) is 25.9 Å². The Bertz CT molecular complexity index is 594. The predicted octanol–water partition coefficient (Wildman–Crippen LogP) is 2.89. The van der Waals surface area contributed by atoms with E-state index in [-0.39, 0.29) is 21.5 Å². The molecule has 0 radical (unpaired) electrons. The first-order valence-corrected chi connectivity index (χ1v) is 7.12. The van der Waals surface area contributed by atoms with E-state index in [1.54, 1.807) is 11.8 Å². The standard InChI is InChI=1S/C13H14Cl2N2O4/c1-13(19)2-4-16(5-3-13)12(18)8-6-9(14)11(15)10(7-8)17(20)21/h6-7,19H,2-5H2,1H3. The molecule has 1 heterocycles. The van der Waals surface area contributed by atoms with Gasteiger partial charge >= 0.3 is 0 Å². The van der Waals surface area contributed by atoms with Crippen molar-refractivity contribution in [1.82, 2.24) is 4.90 Å². The quantitative estimate of drug-likeness (QED) is 0.666. The summed E-state index contributed by atoms with van der Waals surface area (Å²) in [4.78, 5) is 24.2. The number of carbonyl (C=O) groups is 1. The average Bonchev–Trinajstić information content (AvgIpc) is 2.40. The fraction of sp³-hybridized carbons (Fsp3) is 0.462. The highest BCUT2D eigenvalue weighted by molar-refractivity contribution is 6.43. The molecule has 0 aliphatic carbocycles. The van der Waals surface area contributed by atoms with Crippen LogP contribution in [0.2, 0.25) is 10.0 Å². The Labute approximate surface area is 131 Å². The number of likely N-dealkylation sites (tertiary alicyclic amines) is 1. The minimum atomic E-state index is -0.777. The molecule has 21 heavy (non-hydrogen) atoms. The second-order valence-electron chi connectivity index (χ2n) is 5.34. The van der Waals surface area contributed by atoms with E-state index < -0.39 is 16.2 Å². The van der Waals surface area contributed by atoms with Crippen LogP contribution >= 0.6 is 23.2 Å². The zero-order chi connectivity index (χ0) is 15.8. The monoisotopic (exact) mass is 332 g/mol. The van der Waals surface area contributed by atoms with Crippen molar-refractivity contribution in [3.05, 3.63) is 37.9 Å². The summed E-state index contributed by atoms with van der Waals surface area (Å²) in [6, 6.07) is 2.45. The van der Waals surface area contributed by atoms with Crippen LogP contribution in [0.4, 0.5) is 5.69 Å². The van der Waals surface area contributed by atoms with E-state index in [2.05, 4.69) is 0 Å². The van der Waals surface area contributed by atoms with Gasteiger partial charge in [-0.1, -0.05) is 23.2 Å². The molecule has 8 heteroatoms. The highest BCUT2D eigenvalue weighted by Gasteiger charge is 2.31. The summed E-state index contributed by atoms with van der Waals surface area (Å²) >= 11 is 11.6. The first kappa shape index (κ1) is 16.0. The highest BCUT2D eigenvalue weighted by Crippen LogP contribution is 2.34. The minimum Gasteiger partial charge on any atom is -0.390 e. The van der Waals surface area contributed by atoms with Gasteiger partial charge in [0.15, 0.2) is 0 Å². The maximum absolute atomic E-state index is 12.4. The molecule has 1 aromatic carbocycles. The summed E-state index contributed by atoms with van der Waals surface area (Å²) in [6.45, 7) is 2.50. The summed E-state index contributed by atoms with van der Waals surface area (Å²) in [7, 11) is 0. The van der Waals surface area contributed by atoms with E-state index in [1.807, 2.05) is 0 Å². The van der Waals surface area contributed by atoms with Crippen LogP contribution in [-0.2, 0) is 0 Å². The van der Waals surface area contributed by atoms with Gasteiger partial charge in [0.2, 0.25) is 0 Å². The third-order valence-corrected chi connectivity index (χ3v) is 4.37. The van der Waals surface area contributed by atoms with Crippen LogP contribution < -0.4 is 0 Å². The number of amides is 1. The number of benzene rings is 1. The lowest BCUT2D eigenvalue weighted by molar-refractivity contribution is -0.384. The molecule has 1 aromatic rings. The smallest absolute Gasteiger partial charge is 0.290 e. The number of rotatable bonds is 2. The van der Waals surface area contributed by atoms with Crippen molar-refractivity contribution in [3.63, 3.8) is 0 Å². The van der Waals surface area contributed by atoms with Gasteiger partial charge in [-0.25, -0.2) is 0 Å². The molecule has 114 valence electrons. The Morgan fingerprint density at radius 3 is 2.48 bits per heavy atom. The van der Waals surface area contributed by atoms with Crippen LogP contribution in [0.25, 0.3) is 0 Å². The van der Waals surface area contributed by atoms with Gasteiger partial charge in [0.1, 0.15) is 5.02 Å². The van der Waals surface area contributed by atoms with E-state index >= 15 is 0 Å². The number of nitro groups is 1. The first-order valence-electron chi connectivity index (χ1n) is 6.36. The topological polar surface area (TPSA) is 83.7 Å². The lowest BCUT2D eigenvalue weighted by Crippen LogP contribution is -2.45. The fourth-order valence-corrected chi connectivity index (χ4v) is 2.60. The maximum atomic E-state index is 12.4. The summed E-state index contributed by atoms with van der Waals surface area (Å²) in [5.74, 6) is -0.354. The van der Waals surface area contributed by atoms with Crippen LogP contribution in [0.3, 0.4) is 0 Å². The van der Waals surface area contributed by atoms with Crippen LogP contribution in [0.5, 0.6) is 0 Å². The van der Waals surface area contributed by atoms with E-state index in [0.717, 1.165) is 6.07 Å². The van der Waals surface area contributed by atoms with E-state index in [4.69, 9.17) is 23.2 Å². The molecular weight excluding hydrogens is 319 g/mol. The molecule has 1 aliphatic rings. The summed E-state index contributed by atoms with van der Waals surface area (Å²) in [6.07, 6.45) is 0.921. The number of carbonyl (C=O) groups excluding carboxylic acids is 1. The highest BCUT2D eigenvalue weighted by atomic mass is 35.5. The lowest BCUT2D eigenvalue weighted by Gasteiger charge is -2.35. The Morgan fingerprint density at radius 1 is 1.38 bits per heavy atom. The van der Waals surface area contributed by atoms with Crippen molar-refractivity contribution in [2.75, 3.05) is 13.1 Å². The predicted molar refractivity (Wildman–Crippen MR) is 78.9 cm³/mol. The second-order valence-corrected chi connectivity index (χ2v) is 6.12. The van der Waals surface area contributed by atoms with Crippen molar-refractivity contribution >= 4 is 34.8 Å². The molecule has 6 nitrogen and oxygen atoms in total. The normalized spacial score (nSPS) is 17.6. The second kappa shape index (κ2) is 5.79. The lowest BCUT2D eigenvalue weighted by atomic mass is 9.93. The molecule has 1 amide bonds. The van der Waals surface area contributed by atoms with Crippen molar-refractivity contribution in [1.29, 1.82) is 0 Å². The summed E-state index contributed by atoms with van der Waals surface area (Å²) in [5.41, 5.74) is -1.05. The van der Waals surface area contributed by atoms with Gasteiger partial charge in [0, 0.05) is 24.7 Å². The van der Waals surface area contributed by atoms with Gasteiger partial charge < -0.3 is 10.0 Å². The largest absolute Gasteiger partial charge is 0.390 e. The van der Waals surface area contributed by atoms with Crippen LogP contribution in [0, 0.1) is 10.1 Å². The molecule has 0 saturated carbocycles. The van der Waals surface area contributed by atoms with Gasteiger partial charge in [0.25, 0.3) is 11.6 Å². The SMILES string of the molecule is CC1(O)CCN(C(=O)c2cc(Cl)c(Cl)c([N+](=O)[O-])c2)CC1. The number of nitro benzene ring substituents is 1. The van der Waals surface area contributed by atoms with Crippen molar-refractivity contribution in [2.45, 2.75) is 25.4 Å². The van der Waals surface area contributed by atoms with Crippen LogP contribution in [-0.4, -0.2) is 39.5 Å². The molecule has 1 N–H and O–H groups in total.